The second kappa shape index (κ2) is 5.74. The van der Waals surface area contributed by atoms with Gasteiger partial charge in [0.15, 0.2) is 0 Å². The monoisotopic (exact) mass is 244 g/mol. The van der Waals surface area contributed by atoms with Gasteiger partial charge < -0.3 is 10.6 Å². The van der Waals surface area contributed by atoms with Crippen LogP contribution >= 0.6 is 0 Å². The van der Waals surface area contributed by atoms with Crippen molar-refractivity contribution in [3.8, 4) is 6.07 Å². The summed E-state index contributed by atoms with van der Waals surface area (Å²) < 4.78 is 0. The first-order chi connectivity index (χ1) is 8.74. The molecule has 1 fully saturated rings. The predicted octanol–water partition coefficient (Wildman–Crippen LogP) is 1.69. The number of hydrogen-bond acceptors (Lipinski definition) is 4. The highest BCUT2D eigenvalue weighted by molar-refractivity contribution is 5.53. The lowest BCUT2D eigenvalue weighted by atomic mass is 10.1. The van der Waals surface area contributed by atoms with Crippen LogP contribution in [0, 0.1) is 11.3 Å². The fraction of sp³-hybridized carbons (Fsp3) is 0.500. The van der Waals surface area contributed by atoms with Crippen molar-refractivity contribution in [1.82, 2.24) is 4.90 Å². The molecule has 1 heterocycles. The van der Waals surface area contributed by atoms with E-state index in [2.05, 4.69) is 34.9 Å². The van der Waals surface area contributed by atoms with E-state index in [0.717, 1.165) is 38.3 Å². The Morgan fingerprint density at radius 2 is 1.83 bits per heavy atom. The molecule has 4 nitrogen and oxygen atoms in total. The van der Waals surface area contributed by atoms with Gasteiger partial charge in [-0.05, 0) is 30.7 Å². The molecular weight excluding hydrogens is 224 g/mol. The lowest BCUT2D eigenvalue weighted by Gasteiger charge is -2.37. The zero-order chi connectivity index (χ0) is 13.0. The maximum atomic E-state index is 9.07. The summed E-state index contributed by atoms with van der Waals surface area (Å²) in [5, 5.41) is 9.07. The zero-order valence-electron chi connectivity index (χ0n) is 10.8. The van der Waals surface area contributed by atoms with Gasteiger partial charge in [-0.2, -0.15) is 5.26 Å². The molecule has 0 radical (unpaired) electrons. The van der Waals surface area contributed by atoms with Crippen LogP contribution in [-0.4, -0.2) is 37.1 Å². The summed E-state index contributed by atoms with van der Waals surface area (Å²) in [6.07, 6.45) is 0.901. The Kier molecular flexibility index (Phi) is 4.06. The van der Waals surface area contributed by atoms with Crippen molar-refractivity contribution < 1.29 is 0 Å². The van der Waals surface area contributed by atoms with Crippen molar-refractivity contribution in [1.29, 1.82) is 5.26 Å². The zero-order valence-corrected chi connectivity index (χ0v) is 10.8. The van der Waals surface area contributed by atoms with Crippen molar-refractivity contribution in [3.63, 3.8) is 0 Å². The van der Waals surface area contributed by atoms with Crippen LogP contribution in [0.4, 0.5) is 11.4 Å². The Labute approximate surface area is 109 Å². The third-order valence-corrected chi connectivity index (χ3v) is 3.55. The first kappa shape index (κ1) is 12.7. The minimum absolute atomic E-state index is 0.0681. The molecule has 2 rings (SSSR count). The van der Waals surface area contributed by atoms with Gasteiger partial charge in [0.25, 0.3) is 0 Å². The smallest absolute Gasteiger partial charge is 0.0976 e. The number of nitrogens with zero attached hydrogens (tertiary/aromatic N) is 3. The summed E-state index contributed by atoms with van der Waals surface area (Å²) >= 11 is 0. The second-order valence-corrected chi connectivity index (χ2v) is 4.67. The van der Waals surface area contributed by atoms with Crippen LogP contribution in [0.5, 0.6) is 0 Å². The van der Waals surface area contributed by atoms with E-state index in [-0.39, 0.29) is 6.04 Å². The number of rotatable bonds is 3. The van der Waals surface area contributed by atoms with E-state index in [1.54, 1.807) is 0 Å². The van der Waals surface area contributed by atoms with E-state index >= 15 is 0 Å². The molecule has 96 valence electrons. The average molecular weight is 244 g/mol. The van der Waals surface area contributed by atoms with Crippen LogP contribution in [0.1, 0.15) is 13.3 Å². The van der Waals surface area contributed by atoms with Crippen molar-refractivity contribution in [2.24, 2.45) is 0 Å². The molecule has 0 aliphatic carbocycles. The van der Waals surface area contributed by atoms with Gasteiger partial charge in [-0.25, -0.2) is 0 Å². The molecule has 0 aromatic heterocycles. The minimum atomic E-state index is 0.0681. The highest BCUT2D eigenvalue weighted by Crippen LogP contribution is 2.19. The van der Waals surface area contributed by atoms with Gasteiger partial charge in [-0.15, -0.1) is 0 Å². The van der Waals surface area contributed by atoms with E-state index in [9.17, 15) is 0 Å². The Balaban J connectivity index is 1.94. The fourth-order valence-electron chi connectivity index (χ4n) is 2.41. The molecule has 1 atom stereocenters. The van der Waals surface area contributed by atoms with Gasteiger partial charge in [0, 0.05) is 37.6 Å². The molecular formula is C14H20N4. The van der Waals surface area contributed by atoms with Crippen molar-refractivity contribution in [2.45, 2.75) is 19.4 Å². The molecule has 1 aliphatic rings. The van der Waals surface area contributed by atoms with Crippen LogP contribution in [0.2, 0.25) is 0 Å². The van der Waals surface area contributed by atoms with E-state index in [1.807, 2.05) is 12.1 Å². The fourth-order valence-corrected chi connectivity index (χ4v) is 2.41. The summed E-state index contributed by atoms with van der Waals surface area (Å²) in [6, 6.07) is 10.4. The Morgan fingerprint density at radius 3 is 2.33 bits per heavy atom. The summed E-state index contributed by atoms with van der Waals surface area (Å²) in [5.41, 5.74) is 7.71. The highest BCUT2D eigenvalue weighted by Gasteiger charge is 2.22. The van der Waals surface area contributed by atoms with E-state index in [0.29, 0.717) is 0 Å². The number of anilines is 2. The maximum absolute atomic E-state index is 9.07. The number of nitrogens with two attached hydrogens (primary N) is 1. The van der Waals surface area contributed by atoms with Gasteiger partial charge >= 0.3 is 0 Å². The number of nitrogen functional groups attached to an aromatic ring is 1. The average Bonchev–Trinajstić information content (AvgIpc) is 2.42. The predicted molar refractivity (Wildman–Crippen MR) is 74.3 cm³/mol. The van der Waals surface area contributed by atoms with Gasteiger partial charge in [-0.3, -0.25) is 4.90 Å². The van der Waals surface area contributed by atoms with Crippen molar-refractivity contribution >= 4 is 11.4 Å². The minimum Gasteiger partial charge on any atom is -0.399 e. The molecule has 0 spiro atoms. The van der Waals surface area contributed by atoms with Gasteiger partial charge in [0.2, 0.25) is 0 Å². The van der Waals surface area contributed by atoms with Crippen molar-refractivity contribution in [2.75, 3.05) is 36.8 Å². The number of piperazine rings is 1. The maximum Gasteiger partial charge on any atom is 0.0976 e. The molecule has 1 unspecified atom stereocenters. The molecule has 1 aromatic rings. The Bertz CT molecular complexity index is 412. The third-order valence-electron chi connectivity index (χ3n) is 3.55. The summed E-state index contributed by atoms with van der Waals surface area (Å²) in [4.78, 5) is 4.62. The van der Waals surface area contributed by atoms with Crippen LogP contribution in [0.15, 0.2) is 24.3 Å². The number of nitriles is 1. The first-order valence-corrected chi connectivity index (χ1v) is 6.48. The molecule has 0 saturated carbocycles. The lowest BCUT2D eigenvalue weighted by molar-refractivity contribution is 0.216. The topological polar surface area (TPSA) is 56.3 Å². The van der Waals surface area contributed by atoms with Gasteiger partial charge in [0.1, 0.15) is 0 Å². The highest BCUT2D eigenvalue weighted by atomic mass is 15.3. The Hall–Kier alpha value is -1.73. The second-order valence-electron chi connectivity index (χ2n) is 4.67. The molecule has 4 heteroatoms. The number of benzene rings is 1. The quantitative estimate of drug-likeness (QED) is 0.822. The SMILES string of the molecule is CCC(C#N)N1CCN(c2ccc(N)cc2)CC1. The molecule has 2 N–H and O–H groups in total. The van der Waals surface area contributed by atoms with Gasteiger partial charge in [-0.1, -0.05) is 6.92 Å². The van der Waals surface area contributed by atoms with Crippen molar-refractivity contribution in [3.05, 3.63) is 24.3 Å². The first-order valence-electron chi connectivity index (χ1n) is 6.48. The molecule has 0 bridgehead atoms. The number of hydrogen-bond donors (Lipinski definition) is 1. The normalized spacial score (nSPS) is 18.3. The Morgan fingerprint density at radius 1 is 1.22 bits per heavy atom. The molecule has 1 aromatic carbocycles. The third kappa shape index (κ3) is 2.74. The molecule has 0 amide bonds. The van der Waals surface area contributed by atoms with Crippen LogP contribution in [-0.2, 0) is 0 Å². The molecule has 1 saturated heterocycles. The summed E-state index contributed by atoms with van der Waals surface area (Å²) in [6.45, 7) is 5.93. The van der Waals surface area contributed by atoms with Crippen LogP contribution < -0.4 is 10.6 Å². The summed E-state index contributed by atoms with van der Waals surface area (Å²) in [5.74, 6) is 0. The van der Waals surface area contributed by atoms with Gasteiger partial charge in [0.05, 0.1) is 12.1 Å². The van der Waals surface area contributed by atoms with E-state index in [1.165, 1.54) is 5.69 Å². The largest absolute Gasteiger partial charge is 0.399 e. The standard InChI is InChI=1S/C14H20N4/c1-2-13(11-15)17-7-9-18(10-8-17)14-5-3-12(16)4-6-14/h3-6,13H,2,7-10,16H2,1H3. The summed E-state index contributed by atoms with van der Waals surface area (Å²) in [7, 11) is 0. The van der Waals surface area contributed by atoms with E-state index in [4.69, 9.17) is 11.0 Å². The molecule has 18 heavy (non-hydrogen) atoms. The lowest BCUT2D eigenvalue weighted by Crippen LogP contribution is -2.49. The molecule has 1 aliphatic heterocycles. The van der Waals surface area contributed by atoms with E-state index < -0.39 is 0 Å². The van der Waals surface area contributed by atoms with Crippen LogP contribution in [0.3, 0.4) is 0 Å². The van der Waals surface area contributed by atoms with Crippen LogP contribution in [0.25, 0.3) is 0 Å².